The number of amides is 2. The zero-order chi connectivity index (χ0) is 21.8. The lowest BCUT2D eigenvalue weighted by Gasteiger charge is -2.45. The highest BCUT2D eigenvalue weighted by Gasteiger charge is 2.49. The molecule has 1 aromatic carbocycles. The van der Waals surface area contributed by atoms with Crippen LogP contribution in [0.3, 0.4) is 0 Å². The Morgan fingerprint density at radius 1 is 1.19 bits per heavy atom. The van der Waals surface area contributed by atoms with Crippen LogP contribution in [-0.2, 0) is 11.3 Å². The van der Waals surface area contributed by atoms with Gasteiger partial charge >= 0.3 is 0 Å². The van der Waals surface area contributed by atoms with Crippen LogP contribution in [-0.4, -0.2) is 28.0 Å². The number of benzene rings is 1. The number of carbonyl (C=O) groups is 2. The van der Waals surface area contributed by atoms with Crippen LogP contribution in [0.4, 0.5) is 5.69 Å². The minimum atomic E-state index is -1.10. The summed E-state index contributed by atoms with van der Waals surface area (Å²) in [5, 5.41) is 3.86. The summed E-state index contributed by atoms with van der Waals surface area (Å²) in [6.07, 6.45) is 6.00. The number of furan rings is 1. The third-order valence-corrected chi connectivity index (χ3v) is 7.16. The van der Waals surface area contributed by atoms with E-state index in [1.165, 1.54) is 6.42 Å². The molecule has 2 amide bonds. The molecule has 0 radical (unpaired) electrons. The van der Waals surface area contributed by atoms with E-state index >= 15 is 0 Å². The molecule has 3 atom stereocenters. The minimum Gasteiger partial charge on any atom is -0.463 e. The Kier molecular flexibility index (Phi) is 4.85. The number of nitrogens with zero attached hydrogens (tertiary/aromatic N) is 2. The predicted octanol–water partition coefficient (Wildman–Crippen LogP) is 5.00. The van der Waals surface area contributed by atoms with Gasteiger partial charge in [0.05, 0.1) is 18.3 Å². The van der Waals surface area contributed by atoms with Crippen molar-refractivity contribution in [1.29, 1.82) is 0 Å². The highest BCUT2D eigenvalue weighted by Crippen LogP contribution is 2.37. The Morgan fingerprint density at radius 2 is 1.94 bits per heavy atom. The van der Waals surface area contributed by atoms with E-state index in [9.17, 15) is 9.59 Å². The first-order valence-electron chi connectivity index (χ1n) is 10.9. The van der Waals surface area contributed by atoms with Crippen molar-refractivity contribution in [2.24, 2.45) is 5.92 Å². The monoisotopic (exact) mass is 439 g/mol. The lowest BCUT2D eigenvalue weighted by Crippen LogP contribution is -2.65. The molecule has 162 valence electrons. The lowest BCUT2D eigenvalue weighted by atomic mass is 9.85. The van der Waals surface area contributed by atoms with Crippen molar-refractivity contribution in [1.82, 2.24) is 9.88 Å². The van der Waals surface area contributed by atoms with Gasteiger partial charge in [-0.3, -0.25) is 14.5 Å². The molecule has 1 fully saturated rings. The zero-order valence-corrected chi connectivity index (χ0v) is 18.5. The Balaban J connectivity index is 1.59. The number of fused-ring (bicyclic) bond motifs is 3. The fourth-order valence-corrected chi connectivity index (χ4v) is 5.19. The van der Waals surface area contributed by atoms with Crippen molar-refractivity contribution in [3.8, 4) is 0 Å². The number of carbonyl (C=O) groups excluding carboxylic acids is 2. The van der Waals surface area contributed by atoms with E-state index in [4.69, 9.17) is 16.0 Å². The molecule has 0 bridgehead atoms. The number of hydrogen-bond acceptors (Lipinski definition) is 3. The van der Waals surface area contributed by atoms with Crippen LogP contribution in [0.2, 0.25) is 5.02 Å². The summed E-state index contributed by atoms with van der Waals surface area (Å²) in [7, 11) is 0. The van der Waals surface area contributed by atoms with Crippen molar-refractivity contribution >= 4 is 40.2 Å². The molecule has 6 nitrogen and oxygen atoms in total. The van der Waals surface area contributed by atoms with E-state index in [-0.39, 0.29) is 17.9 Å². The van der Waals surface area contributed by atoms with E-state index in [0.29, 0.717) is 34.4 Å². The smallest absolute Gasteiger partial charge is 0.276 e. The first-order chi connectivity index (χ1) is 14.9. The van der Waals surface area contributed by atoms with Crippen molar-refractivity contribution in [3.05, 3.63) is 53.4 Å². The van der Waals surface area contributed by atoms with Crippen LogP contribution in [0.25, 0.3) is 11.1 Å². The van der Waals surface area contributed by atoms with Gasteiger partial charge in [0.1, 0.15) is 11.2 Å². The molecule has 7 heteroatoms. The standard InChI is InChI=1S/C24H26ClN3O3/c1-15-5-3-4-6-18(15)26-23(30)24(2)14-27-19-11-12-31-21(19)13-20(27)22(29)28(24)17-9-7-16(25)8-10-17/h7-13,15,18H,3-6,14H2,1-2H3,(H,26,30)/t15-,18-,24+/m1/s1. The Bertz CT molecular complexity index is 1150. The molecule has 2 aromatic heterocycles. The van der Waals surface area contributed by atoms with Crippen molar-refractivity contribution in [2.45, 2.75) is 57.7 Å². The Labute approximate surface area is 186 Å². The molecule has 1 aliphatic carbocycles. The minimum absolute atomic E-state index is 0.125. The van der Waals surface area contributed by atoms with Gasteiger partial charge < -0.3 is 14.3 Å². The van der Waals surface area contributed by atoms with Crippen LogP contribution in [0.5, 0.6) is 0 Å². The van der Waals surface area contributed by atoms with Gasteiger partial charge in [0, 0.05) is 28.9 Å². The van der Waals surface area contributed by atoms with E-state index < -0.39 is 5.54 Å². The molecule has 2 aliphatic rings. The predicted molar refractivity (Wildman–Crippen MR) is 120 cm³/mol. The van der Waals surface area contributed by atoms with Gasteiger partial charge in [-0.05, 0) is 49.9 Å². The highest BCUT2D eigenvalue weighted by atomic mass is 35.5. The second-order valence-electron chi connectivity index (χ2n) is 9.02. The number of hydrogen-bond donors (Lipinski definition) is 1. The normalized spacial score (nSPS) is 26.2. The summed E-state index contributed by atoms with van der Waals surface area (Å²) in [4.78, 5) is 29.1. The molecule has 31 heavy (non-hydrogen) atoms. The molecule has 0 unspecified atom stereocenters. The molecule has 5 rings (SSSR count). The van der Waals surface area contributed by atoms with Gasteiger partial charge in [-0.2, -0.15) is 0 Å². The summed E-state index contributed by atoms with van der Waals surface area (Å²) in [5.74, 6) is 0.0622. The zero-order valence-electron chi connectivity index (χ0n) is 17.7. The molecule has 3 heterocycles. The topological polar surface area (TPSA) is 67.5 Å². The van der Waals surface area contributed by atoms with Crippen LogP contribution in [0.1, 0.15) is 50.0 Å². The summed E-state index contributed by atoms with van der Waals surface area (Å²) >= 11 is 6.09. The Morgan fingerprint density at radius 3 is 2.68 bits per heavy atom. The maximum atomic E-state index is 13.8. The summed E-state index contributed by atoms with van der Waals surface area (Å²) in [5.41, 5.74) is 1.53. The quantitative estimate of drug-likeness (QED) is 0.624. The third-order valence-electron chi connectivity index (χ3n) is 6.91. The van der Waals surface area contributed by atoms with E-state index in [1.54, 1.807) is 41.5 Å². The van der Waals surface area contributed by atoms with Gasteiger partial charge in [-0.25, -0.2) is 0 Å². The van der Waals surface area contributed by atoms with E-state index in [0.717, 1.165) is 24.8 Å². The molecule has 1 aliphatic heterocycles. The lowest BCUT2D eigenvalue weighted by molar-refractivity contribution is -0.127. The average Bonchev–Trinajstić information content (AvgIpc) is 3.33. The molecular formula is C24H26ClN3O3. The largest absolute Gasteiger partial charge is 0.463 e. The maximum Gasteiger partial charge on any atom is 0.276 e. The van der Waals surface area contributed by atoms with Crippen molar-refractivity contribution in [3.63, 3.8) is 0 Å². The summed E-state index contributed by atoms with van der Waals surface area (Å²) in [6, 6.07) is 10.8. The molecule has 1 N–H and O–H groups in total. The average molecular weight is 440 g/mol. The summed E-state index contributed by atoms with van der Waals surface area (Å²) in [6.45, 7) is 4.37. The third kappa shape index (κ3) is 3.24. The van der Waals surface area contributed by atoms with Crippen LogP contribution in [0.15, 0.2) is 47.1 Å². The van der Waals surface area contributed by atoms with Gasteiger partial charge in [0.15, 0.2) is 5.58 Å². The second-order valence-corrected chi connectivity index (χ2v) is 9.45. The molecular weight excluding hydrogens is 414 g/mol. The molecule has 0 saturated heterocycles. The summed E-state index contributed by atoms with van der Waals surface area (Å²) < 4.78 is 7.43. The fraction of sp³-hybridized carbons (Fsp3) is 0.417. The molecule has 3 aromatic rings. The van der Waals surface area contributed by atoms with Gasteiger partial charge in [-0.1, -0.05) is 31.4 Å². The first kappa shape index (κ1) is 20.2. The van der Waals surface area contributed by atoms with Crippen LogP contribution in [0, 0.1) is 5.92 Å². The second kappa shape index (κ2) is 7.45. The molecule has 0 spiro atoms. The fourth-order valence-electron chi connectivity index (χ4n) is 5.06. The first-order valence-corrected chi connectivity index (χ1v) is 11.2. The van der Waals surface area contributed by atoms with Crippen LogP contribution < -0.4 is 10.2 Å². The number of anilines is 1. The van der Waals surface area contributed by atoms with Gasteiger partial charge in [0.25, 0.3) is 5.91 Å². The molecule has 1 saturated carbocycles. The van der Waals surface area contributed by atoms with Crippen molar-refractivity contribution in [2.75, 3.05) is 4.90 Å². The van der Waals surface area contributed by atoms with E-state index in [2.05, 4.69) is 12.2 Å². The SMILES string of the molecule is C[C@@H]1CCCC[C@H]1NC(=O)[C@]1(C)Cn2c(cc3occc32)C(=O)N1c1ccc(Cl)cc1. The number of halogens is 1. The maximum absolute atomic E-state index is 13.8. The van der Waals surface area contributed by atoms with E-state index in [1.807, 2.05) is 17.6 Å². The van der Waals surface area contributed by atoms with Gasteiger partial charge in [0.2, 0.25) is 5.91 Å². The number of rotatable bonds is 3. The highest BCUT2D eigenvalue weighted by molar-refractivity contribution is 6.30. The number of aromatic nitrogens is 1. The van der Waals surface area contributed by atoms with Crippen molar-refractivity contribution < 1.29 is 14.0 Å². The van der Waals surface area contributed by atoms with Crippen LogP contribution >= 0.6 is 11.6 Å². The van der Waals surface area contributed by atoms with Gasteiger partial charge in [-0.15, -0.1) is 0 Å². The Hall–Kier alpha value is -2.73. The number of nitrogens with one attached hydrogen (secondary N) is 1.